The SMILES string of the molecule is O=S(=O)(Nc1ccc2c(c1)OCCO2)c1cccnc1Cl. The van der Waals surface area contributed by atoms with Gasteiger partial charge in [-0.3, -0.25) is 4.72 Å². The molecule has 1 aliphatic rings. The number of hydrogen-bond acceptors (Lipinski definition) is 5. The van der Waals surface area contributed by atoms with Gasteiger partial charge in [-0.15, -0.1) is 0 Å². The van der Waals surface area contributed by atoms with Crippen molar-refractivity contribution in [3.63, 3.8) is 0 Å². The number of hydrogen-bond donors (Lipinski definition) is 1. The van der Waals surface area contributed by atoms with Crippen molar-refractivity contribution in [2.45, 2.75) is 4.90 Å². The van der Waals surface area contributed by atoms with Gasteiger partial charge in [0, 0.05) is 12.3 Å². The molecule has 0 unspecified atom stereocenters. The van der Waals surface area contributed by atoms with E-state index in [0.29, 0.717) is 30.4 Å². The van der Waals surface area contributed by atoms with E-state index in [2.05, 4.69) is 9.71 Å². The maximum Gasteiger partial charge on any atom is 0.264 e. The van der Waals surface area contributed by atoms with Gasteiger partial charge in [-0.2, -0.15) is 0 Å². The molecule has 0 saturated carbocycles. The molecule has 0 aliphatic carbocycles. The van der Waals surface area contributed by atoms with Crippen molar-refractivity contribution in [2.24, 2.45) is 0 Å². The van der Waals surface area contributed by atoms with Crippen LogP contribution < -0.4 is 14.2 Å². The third-order valence-electron chi connectivity index (χ3n) is 2.81. The fourth-order valence-corrected chi connectivity index (χ4v) is 3.39. The van der Waals surface area contributed by atoms with Gasteiger partial charge in [0.25, 0.3) is 10.0 Å². The van der Waals surface area contributed by atoms with E-state index in [-0.39, 0.29) is 10.0 Å². The third-order valence-corrected chi connectivity index (χ3v) is 4.63. The van der Waals surface area contributed by atoms with E-state index in [4.69, 9.17) is 21.1 Å². The molecule has 0 amide bonds. The first-order valence-corrected chi connectivity index (χ1v) is 7.95. The lowest BCUT2D eigenvalue weighted by Gasteiger charge is -2.19. The van der Waals surface area contributed by atoms with E-state index in [1.165, 1.54) is 18.3 Å². The van der Waals surface area contributed by atoms with Crippen molar-refractivity contribution >= 4 is 27.3 Å². The molecular formula is C13H11ClN2O4S. The molecule has 21 heavy (non-hydrogen) atoms. The first-order valence-electron chi connectivity index (χ1n) is 6.09. The second-order valence-electron chi connectivity index (χ2n) is 4.26. The molecule has 0 saturated heterocycles. The monoisotopic (exact) mass is 326 g/mol. The summed E-state index contributed by atoms with van der Waals surface area (Å²) in [6.07, 6.45) is 1.42. The van der Waals surface area contributed by atoms with Crippen molar-refractivity contribution in [3.05, 3.63) is 41.7 Å². The topological polar surface area (TPSA) is 77.5 Å². The van der Waals surface area contributed by atoms with E-state index >= 15 is 0 Å². The van der Waals surface area contributed by atoms with Gasteiger partial charge in [-0.1, -0.05) is 11.6 Å². The Morgan fingerprint density at radius 1 is 1.14 bits per heavy atom. The average molecular weight is 327 g/mol. The number of aromatic nitrogens is 1. The second-order valence-corrected chi connectivity index (χ2v) is 6.27. The third kappa shape index (κ3) is 2.88. The lowest BCUT2D eigenvalue weighted by atomic mass is 10.3. The second kappa shape index (κ2) is 5.42. The number of nitrogens with zero attached hydrogens (tertiary/aromatic N) is 1. The molecule has 1 aromatic carbocycles. The van der Waals surface area contributed by atoms with E-state index < -0.39 is 10.0 Å². The number of anilines is 1. The Morgan fingerprint density at radius 3 is 2.67 bits per heavy atom. The van der Waals surface area contributed by atoms with Crippen LogP contribution in [0, 0.1) is 0 Å². The number of halogens is 1. The summed E-state index contributed by atoms with van der Waals surface area (Å²) in [5, 5.41) is -0.0810. The molecule has 2 heterocycles. The number of ether oxygens (including phenoxy) is 2. The number of rotatable bonds is 3. The summed E-state index contributed by atoms with van der Waals surface area (Å²) in [4.78, 5) is 3.68. The molecular weight excluding hydrogens is 316 g/mol. The smallest absolute Gasteiger partial charge is 0.264 e. The van der Waals surface area contributed by atoms with Crippen molar-refractivity contribution < 1.29 is 17.9 Å². The van der Waals surface area contributed by atoms with E-state index in [0.717, 1.165) is 0 Å². The van der Waals surface area contributed by atoms with Crippen molar-refractivity contribution in [1.82, 2.24) is 4.98 Å². The molecule has 0 fully saturated rings. The lowest BCUT2D eigenvalue weighted by molar-refractivity contribution is 0.171. The highest BCUT2D eigenvalue weighted by Crippen LogP contribution is 2.33. The van der Waals surface area contributed by atoms with E-state index in [1.54, 1.807) is 18.2 Å². The van der Waals surface area contributed by atoms with Crippen LogP contribution in [-0.2, 0) is 10.0 Å². The van der Waals surface area contributed by atoms with Crippen LogP contribution in [0.5, 0.6) is 11.5 Å². The van der Waals surface area contributed by atoms with Crippen LogP contribution >= 0.6 is 11.6 Å². The summed E-state index contributed by atoms with van der Waals surface area (Å²) in [6.45, 7) is 0.904. The number of nitrogens with one attached hydrogen (secondary N) is 1. The number of sulfonamides is 1. The summed E-state index contributed by atoms with van der Waals surface area (Å²) in [5.41, 5.74) is 0.360. The molecule has 110 valence electrons. The van der Waals surface area contributed by atoms with Gasteiger partial charge in [0.2, 0.25) is 0 Å². The molecule has 1 N–H and O–H groups in total. The zero-order valence-electron chi connectivity index (χ0n) is 10.7. The molecule has 0 atom stereocenters. The largest absolute Gasteiger partial charge is 0.486 e. The minimum absolute atomic E-state index is 0.0810. The zero-order chi connectivity index (χ0) is 14.9. The standard InChI is InChI=1S/C13H11ClN2O4S/c14-13-12(2-1-5-15-13)21(17,18)16-9-3-4-10-11(8-9)20-7-6-19-10/h1-5,8,16H,6-7H2. The van der Waals surface area contributed by atoms with Gasteiger partial charge >= 0.3 is 0 Å². The predicted molar refractivity (Wildman–Crippen MR) is 77.5 cm³/mol. The van der Waals surface area contributed by atoms with E-state index in [9.17, 15) is 8.42 Å². The first kappa shape index (κ1) is 14.0. The normalized spacial score (nSPS) is 13.8. The molecule has 6 nitrogen and oxygen atoms in total. The molecule has 0 bridgehead atoms. The fourth-order valence-electron chi connectivity index (χ4n) is 1.89. The van der Waals surface area contributed by atoms with Gasteiger partial charge in [0.05, 0.1) is 5.69 Å². The summed E-state index contributed by atoms with van der Waals surface area (Å²) >= 11 is 5.82. The van der Waals surface area contributed by atoms with Crippen molar-refractivity contribution in [1.29, 1.82) is 0 Å². The van der Waals surface area contributed by atoms with Gasteiger partial charge in [0.15, 0.2) is 11.5 Å². The Kier molecular flexibility index (Phi) is 3.60. The Hall–Kier alpha value is -1.99. The molecule has 8 heteroatoms. The summed E-state index contributed by atoms with van der Waals surface area (Å²) in [6, 6.07) is 7.70. The molecule has 3 rings (SSSR count). The lowest BCUT2D eigenvalue weighted by Crippen LogP contribution is -2.17. The molecule has 1 aromatic heterocycles. The highest BCUT2D eigenvalue weighted by Gasteiger charge is 2.20. The first-order chi connectivity index (χ1) is 10.1. The van der Waals surface area contributed by atoms with Crippen LogP contribution in [0.3, 0.4) is 0 Å². The quantitative estimate of drug-likeness (QED) is 0.876. The Bertz CT molecular complexity index is 779. The predicted octanol–water partition coefficient (Wildman–Crippen LogP) is 2.31. The van der Waals surface area contributed by atoms with Crippen LogP contribution in [0.4, 0.5) is 5.69 Å². The average Bonchev–Trinajstić information content (AvgIpc) is 2.47. The van der Waals surface area contributed by atoms with Crippen LogP contribution in [-0.4, -0.2) is 26.6 Å². The molecule has 1 aliphatic heterocycles. The van der Waals surface area contributed by atoms with Gasteiger partial charge in [-0.05, 0) is 24.3 Å². The van der Waals surface area contributed by atoms with Gasteiger partial charge < -0.3 is 9.47 Å². The Balaban J connectivity index is 1.91. The maximum absolute atomic E-state index is 12.3. The van der Waals surface area contributed by atoms with Crippen LogP contribution in [0.2, 0.25) is 5.15 Å². The fraction of sp³-hybridized carbons (Fsp3) is 0.154. The zero-order valence-corrected chi connectivity index (χ0v) is 12.3. The Morgan fingerprint density at radius 2 is 1.90 bits per heavy atom. The number of pyridine rings is 1. The number of benzene rings is 1. The maximum atomic E-state index is 12.3. The summed E-state index contributed by atoms with van der Waals surface area (Å²) < 4.78 is 37.8. The van der Waals surface area contributed by atoms with Crippen molar-refractivity contribution in [2.75, 3.05) is 17.9 Å². The summed E-state index contributed by atoms with van der Waals surface area (Å²) in [5.74, 6) is 1.09. The minimum Gasteiger partial charge on any atom is -0.486 e. The van der Waals surface area contributed by atoms with E-state index in [1.807, 2.05) is 0 Å². The minimum atomic E-state index is -3.81. The molecule has 2 aromatic rings. The Labute approximate surface area is 126 Å². The number of fused-ring (bicyclic) bond motifs is 1. The van der Waals surface area contributed by atoms with Crippen LogP contribution in [0.15, 0.2) is 41.4 Å². The highest BCUT2D eigenvalue weighted by atomic mass is 35.5. The van der Waals surface area contributed by atoms with Gasteiger partial charge in [-0.25, -0.2) is 13.4 Å². The molecule has 0 radical (unpaired) electrons. The molecule has 0 spiro atoms. The van der Waals surface area contributed by atoms with Gasteiger partial charge in [0.1, 0.15) is 23.3 Å². The van der Waals surface area contributed by atoms with Crippen LogP contribution in [0.25, 0.3) is 0 Å². The van der Waals surface area contributed by atoms with Crippen molar-refractivity contribution in [3.8, 4) is 11.5 Å². The van der Waals surface area contributed by atoms with Crippen LogP contribution in [0.1, 0.15) is 0 Å². The summed E-state index contributed by atoms with van der Waals surface area (Å²) in [7, 11) is -3.81. The highest BCUT2D eigenvalue weighted by molar-refractivity contribution is 7.92.